The SMILES string of the molecule is COc1cccc(N(C(C)=O)c2onc(-c3ccc(F)cc3)c2-c2ccncn2)c1OC. The van der Waals surface area contributed by atoms with Crippen molar-refractivity contribution < 1.29 is 23.2 Å². The lowest BCUT2D eigenvalue weighted by molar-refractivity contribution is -0.116. The molecule has 0 aliphatic rings. The molecule has 0 unspecified atom stereocenters. The Labute approximate surface area is 183 Å². The highest BCUT2D eigenvalue weighted by Crippen LogP contribution is 2.45. The van der Waals surface area contributed by atoms with Gasteiger partial charge in [0, 0.05) is 18.7 Å². The quantitative estimate of drug-likeness (QED) is 0.437. The van der Waals surface area contributed by atoms with Gasteiger partial charge in [-0.25, -0.2) is 19.3 Å². The van der Waals surface area contributed by atoms with E-state index in [1.165, 1.54) is 44.5 Å². The van der Waals surface area contributed by atoms with Crippen molar-refractivity contribution in [2.75, 3.05) is 19.1 Å². The van der Waals surface area contributed by atoms with E-state index in [9.17, 15) is 9.18 Å². The molecule has 9 heteroatoms. The molecule has 0 saturated carbocycles. The molecule has 4 rings (SSSR count). The first-order chi connectivity index (χ1) is 15.5. The van der Waals surface area contributed by atoms with Crippen LogP contribution < -0.4 is 14.4 Å². The maximum atomic E-state index is 13.5. The zero-order valence-electron chi connectivity index (χ0n) is 17.6. The molecule has 0 N–H and O–H groups in total. The number of amides is 1. The second kappa shape index (κ2) is 8.84. The van der Waals surface area contributed by atoms with Gasteiger partial charge in [-0.3, -0.25) is 4.79 Å². The molecule has 0 aliphatic heterocycles. The van der Waals surface area contributed by atoms with Crippen LogP contribution in [0.4, 0.5) is 16.0 Å². The normalized spacial score (nSPS) is 10.6. The molecule has 32 heavy (non-hydrogen) atoms. The van der Waals surface area contributed by atoms with Crippen LogP contribution in [0.2, 0.25) is 0 Å². The number of ether oxygens (including phenoxy) is 2. The fraction of sp³-hybridized carbons (Fsp3) is 0.130. The van der Waals surface area contributed by atoms with E-state index < -0.39 is 0 Å². The maximum Gasteiger partial charge on any atom is 0.248 e. The number of hydrogen-bond acceptors (Lipinski definition) is 7. The van der Waals surface area contributed by atoms with Gasteiger partial charge in [-0.1, -0.05) is 11.2 Å². The van der Waals surface area contributed by atoms with Crippen molar-refractivity contribution in [1.82, 2.24) is 15.1 Å². The number of methoxy groups -OCH3 is 2. The van der Waals surface area contributed by atoms with Crippen LogP contribution in [0.1, 0.15) is 6.92 Å². The summed E-state index contributed by atoms with van der Waals surface area (Å²) in [4.78, 5) is 22.5. The molecule has 2 aromatic heterocycles. The third-order valence-corrected chi connectivity index (χ3v) is 4.77. The minimum absolute atomic E-state index is 0.127. The van der Waals surface area contributed by atoms with Crippen LogP contribution in [0, 0.1) is 5.82 Å². The van der Waals surface area contributed by atoms with Gasteiger partial charge < -0.3 is 14.0 Å². The van der Waals surface area contributed by atoms with Crippen LogP contribution in [0.3, 0.4) is 0 Å². The Morgan fingerprint density at radius 2 is 1.84 bits per heavy atom. The van der Waals surface area contributed by atoms with E-state index >= 15 is 0 Å². The van der Waals surface area contributed by atoms with Gasteiger partial charge in [0.05, 0.1) is 31.2 Å². The van der Waals surface area contributed by atoms with Crippen molar-refractivity contribution >= 4 is 17.5 Å². The van der Waals surface area contributed by atoms with E-state index in [1.54, 1.807) is 42.6 Å². The maximum absolute atomic E-state index is 13.5. The first kappa shape index (κ1) is 21.0. The summed E-state index contributed by atoms with van der Waals surface area (Å²) in [6.45, 7) is 1.39. The molecule has 4 aromatic rings. The number of anilines is 2. The molecule has 2 heterocycles. The van der Waals surface area contributed by atoms with Gasteiger partial charge in [-0.15, -0.1) is 0 Å². The van der Waals surface area contributed by atoms with Gasteiger partial charge in [-0.05, 0) is 42.5 Å². The molecule has 162 valence electrons. The van der Waals surface area contributed by atoms with Gasteiger partial charge in [0.15, 0.2) is 11.5 Å². The third kappa shape index (κ3) is 3.76. The fourth-order valence-corrected chi connectivity index (χ4v) is 3.38. The first-order valence-corrected chi connectivity index (χ1v) is 9.58. The molecule has 0 bridgehead atoms. The van der Waals surface area contributed by atoms with Crippen LogP contribution in [-0.4, -0.2) is 35.3 Å². The number of aromatic nitrogens is 3. The molecule has 0 fully saturated rings. The van der Waals surface area contributed by atoms with Crippen molar-refractivity contribution in [3.05, 3.63) is 66.9 Å². The minimum Gasteiger partial charge on any atom is -0.493 e. The summed E-state index contributed by atoms with van der Waals surface area (Å²) in [5.41, 5.74) is 2.31. The van der Waals surface area contributed by atoms with E-state index in [0.29, 0.717) is 39.7 Å². The number of carbonyl (C=O) groups is 1. The number of hydrogen-bond donors (Lipinski definition) is 0. The summed E-state index contributed by atoms with van der Waals surface area (Å²) in [7, 11) is 2.99. The molecule has 8 nitrogen and oxygen atoms in total. The highest BCUT2D eigenvalue weighted by molar-refractivity contribution is 6.04. The number of benzene rings is 2. The zero-order valence-corrected chi connectivity index (χ0v) is 17.6. The molecule has 2 aromatic carbocycles. The smallest absolute Gasteiger partial charge is 0.248 e. The van der Waals surface area contributed by atoms with Crippen LogP contribution in [0.25, 0.3) is 22.5 Å². The average Bonchev–Trinajstić information content (AvgIpc) is 3.24. The summed E-state index contributed by atoms with van der Waals surface area (Å²) in [6, 6.07) is 12.6. The Kier molecular flexibility index (Phi) is 5.80. The Hall–Kier alpha value is -4.27. The van der Waals surface area contributed by atoms with Crippen LogP contribution in [0.5, 0.6) is 11.5 Å². The fourth-order valence-electron chi connectivity index (χ4n) is 3.38. The van der Waals surface area contributed by atoms with E-state index in [-0.39, 0.29) is 17.6 Å². The number of rotatable bonds is 6. The van der Waals surface area contributed by atoms with Crippen LogP contribution in [0.15, 0.2) is 65.6 Å². The highest BCUT2D eigenvalue weighted by Gasteiger charge is 2.30. The lowest BCUT2D eigenvalue weighted by Crippen LogP contribution is -2.23. The third-order valence-electron chi connectivity index (χ3n) is 4.77. The van der Waals surface area contributed by atoms with Crippen molar-refractivity contribution in [3.8, 4) is 34.0 Å². The lowest BCUT2D eigenvalue weighted by atomic mass is 10.0. The second-order valence-electron chi connectivity index (χ2n) is 6.68. The molecular formula is C23H19FN4O4. The van der Waals surface area contributed by atoms with Crippen LogP contribution in [-0.2, 0) is 4.79 Å². The Morgan fingerprint density at radius 1 is 1.06 bits per heavy atom. The molecule has 1 amide bonds. The monoisotopic (exact) mass is 434 g/mol. The molecule has 0 atom stereocenters. The highest BCUT2D eigenvalue weighted by atomic mass is 19.1. The van der Waals surface area contributed by atoms with Crippen LogP contribution >= 0.6 is 0 Å². The molecule has 0 spiro atoms. The van der Waals surface area contributed by atoms with E-state index in [1.807, 2.05) is 0 Å². The summed E-state index contributed by atoms with van der Waals surface area (Å²) in [5, 5.41) is 4.20. The van der Waals surface area contributed by atoms with E-state index in [4.69, 9.17) is 14.0 Å². The second-order valence-corrected chi connectivity index (χ2v) is 6.68. The van der Waals surface area contributed by atoms with Crippen molar-refractivity contribution in [3.63, 3.8) is 0 Å². The summed E-state index contributed by atoms with van der Waals surface area (Å²) >= 11 is 0. The van der Waals surface area contributed by atoms with Gasteiger partial charge in [0.25, 0.3) is 0 Å². The van der Waals surface area contributed by atoms with Crippen molar-refractivity contribution in [2.24, 2.45) is 0 Å². The Bertz CT molecular complexity index is 1240. The first-order valence-electron chi connectivity index (χ1n) is 9.58. The van der Waals surface area contributed by atoms with Crippen molar-refractivity contribution in [1.29, 1.82) is 0 Å². The summed E-state index contributed by atoms with van der Waals surface area (Å²) in [5.74, 6) is 0.181. The Morgan fingerprint density at radius 3 is 2.47 bits per heavy atom. The van der Waals surface area contributed by atoms with Gasteiger partial charge in [0.2, 0.25) is 11.8 Å². The topological polar surface area (TPSA) is 90.6 Å². The summed E-state index contributed by atoms with van der Waals surface area (Å²) < 4.78 is 30.1. The van der Waals surface area contributed by atoms with Gasteiger partial charge >= 0.3 is 0 Å². The summed E-state index contributed by atoms with van der Waals surface area (Å²) in [6.07, 6.45) is 2.95. The largest absolute Gasteiger partial charge is 0.493 e. The number of para-hydroxylation sites is 1. The number of nitrogens with zero attached hydrogens (tertiary/aromatic N) is 4. The zero-order chi connectivity index (χ0) is 22.7. The minimum atomic E-state index is -0.382. The van der Waals surface area contributed by atoms with Crippen molar-refractivity contribution in [2.45, 2.75) is 6.92 Å². The molecule has 0 aliphatic carbocycles. The number of carbonyl (C=O) groups excluding carboxylic acids is 1. The van der Waals surface area contributed by atoms with E-state index in [0.717, 1.165) is 0 Å². The molecule has 0 radical (unpaired) electrons. The lowest BCUT2D eigenvalue weighted by Gasteiger charge is -2.22. The molecular weight excluding hydrogens is 415 g/mol. The average molecular weight is 434 g/mol. The van der Waals surface area contributed by atoms with Gasteiger partial charge in [0.1, 0.15) is 17.8 Å². The number of halogens is 1. The van der Waals surface area contributed by atoms with Gasteiger partial charge in [-0.2, -0.15) is 0 Å². The predicted molar refractivity (Wildman–Crippen MR) is 115 cm³/mol. The molecule has 0 saturated heterocycles. The predicted octanol–water partition coefficient (Wildman–Crippen LogP) is 4.64. The van der Waals surface area contributed by atoms with E-state index in [2.05, 4.69) is 15.1 Å². The standard InChI is InChI=1S/C23H19FN4O4/c1-14(29)28(18-5-4-6-19(30-2)22(18)31-3)23-20(17-11-12-25-13-26-17)21(27-32-23)15-7-9-16(24)10-8-15/h4-13H,1-3H3. The Balaban J connectivity index is 1.98.